The fourth-order valence-electron chi connectivity index (χ4n) is 3.62. The van der Waals surface area contributed by atoms with Gasteiger partial charge in [0.1, 0.15) is 17.4 Å². The van der Waals surface area contributed by atoms with Gasteiger partial charge in [-0.1, -0.05) is 41.6 Å². The first-order valence-corrected chi connectivity index (χ1v) is 11.4. The largest absolute Gasteiger partial charge is 0.496 e. The highest BCUT2D eigenvalue weighted by Gasteiger charge is 2.19. The highest BCUT2D eigenvalue weighted by molar-refractivity contribution is 7.98. The fourth-order valence-corrected chi connectivity index (χ4v) is 4.46. The Morgan fingerprint density at radius 3 is 2.71 bits per heavy atom. The molecule has 0 saturated carbocycles. The van der Waals surface area contributed by atoms with E-state index in [-0.39, 0.29) is 5.56 Å². The SMILES string of the molecule is COc1ccccc1-c1nnc(SCc2cc(=O)n3[nH]cc(C#N)c3n2)n1-c1ccc(C)cc1. The van der Waals surface area contributed by atoms with Gasteiger partial charge in [-0.25, -0.2) is 9.50 Å². The number of aromatic amines is 1. The number of nitrogens with one attached hydrogen (secondary N) is 1. The third-order valence-corrected chi connectivity index (χ3v) is 6.26. The van der Waals surface area contributed by atoms with Gasteiger partial charge in [0, 0.05) is 23.7 Å². The zero-order chi connectivity index (χ0) is 23.7. The number of nitrogens with zero attached hydrogens (tertiary/aromatic N) is 6. The lowest BCUT2D eigenvalue weighted by Gasteiger charge is -2.12. The minimum atomic E-state index is -0.281. The maximum Gasteiger partial charge on any atom is 0.272 e. The Morgan fingerprint density at radius 1 is 1.15 bits per heavy atom. The Bertz CT molecular complexity index is 1590. The molecule has 0 fully saturated rings. The number of fused-ring (bicyclic) bond motifs is 1. The molecule has 0 radical (unpaired) electrons. The molecule has 9 nitrogen and oxygen atoms in total. The summed E-state index contributed by atoms with van der Waals surface area (Å²) in [6, 6.07) is 19.2. The maximum absolute atomic E-state index is 12.4. The molecule has 0 saturated heterocycles. The molecule has 10 heteroatoms. The fraction of sp³-hybridized carbons (Fsp3) is 0.125. The molecule has 0 unspecified atom stereocenters. The van der Waals surface area contributed by atoms with Gasteiger partial charge in [0.25, 0.3) is 5.56 Å². The number of thioether (sulfide) groups is 1. The summed E-state index contributed by atoms with van der Waals surface area (Å²) in [4.78, 5) is 16.9. The minimum absolute atomic E-state index is 0.281. The van der Waals surface area contributed by atoms with Crippen molar-refractivity contribution in [1.29, 1.82) is 5.26 Å². The van der Waals surface area contributed by atoms with Crippen LogP contribution in [0.5, 0.6) is 5.75 Å². The van der Waals surface area contributed by atoms with Crippen molar-refractivity contribution in [3.63, 3.8) is 0 Å². The van der Waals surface area contributed by atoms with Crippen molar-refractivity contribution in [3.05, 3.63) is 88.0 Å². The molecule has 5 rings (SSSR count). The molecular weight excluding hydrogens is 450 g/mol. The van der Waals surface area contributed by atoms with Crippen molar-refractivity contribution < 1.29 is 4.74 Å². The van der Waals surface area contributed by atoms with Crippen LogP contribution in [0.25, 0.3) is 22.7 Å². The van der Waals surface area contributed by atoms with Crippen LogP contribution in [0.4, 0.5) is 0 Å². The first-order chi connectivity index (χ1) is 16.6. The summed E-state index contributed by atoms with van der Waals surface area (Å²) in [7, 11) is 1.62. The highest BCUT2D eigenvalue weighted by Crippen LogP contribution is 2.34. The summed E-state index contributed by atoms with van der Waals surface area (Å²) in [5.41, 5.74) is 3.74. The Hall–Kier alpha value is -4.36. The molecule has 168 valence electrons. The molecule has 0 aliphatic rings. The second-order valence-corrected chi connectivity index (χ2v) is 8.45. The van der Waals surface area contributed by atoms with Crippen molar-refractivity contribution in [2.75, 3.05) is 7.11 Å². The van der Waals surface area contributed by atoms with Crippen LogP contribution in [0.1, 0.15) is 16.8 Å². The highest BCUT2D eigenvalue weighted by atomic mass is 32.2. The van der Waals surface area contributed by atoms with Crippen molar-refractivity contribution >= 4 is 17.4 Å². The van der Waals surface area contributed by atoms with E-state index in [1.165, 1.54) is 28.5 Å². The molecule has 2 aromatic carbocycles. The summed E-state index contributed by atoms with van der Waals surface area (Å²) in [5, 5.41) is 21.6. The first kappa shape index (κ1) is 21.5. The average Bonchev–Trinajstić information content (AvgIpc) is 3.47. The van der Waals surface area contributed by atoms with Crippen LogP contribution in [0.3, 0.4) is 0 Å². The van der Waals surface area contributed by atoms with Gasteiger partial charge in [-0.15, -0.1) is 10.2 Å². The van der Waals surface area contributed by atoms with Crippen LogP contribution in [0, 0.1) is 18.3 Å². The Morgan fingerprint density at radius 2 is 1.94 bits per heavy atom. The van der Waals surface area contributed by atoms with E-state index in [2.05, 4.69) is 20.3 Å². The zero-order valence-corrected chi connectivity index (χ0v) is 19.2. The van der Waals surface area contributed by atoms with Gasteiger partial charge < -0.3 is 4.74 Å². The minimum Gasteiger partial charge on any atom is -0.496 e. The first-order valence-electron chi connectivity index (χ1n) is 10.4. The van der Waals surface area contributed by atoms with Gasteiger partial charge in [0.05, 0.1) is 18.4 Å². The maximum atomic E-state index is 12.4. The number of benzene rings is 2. The van der Waals surface area contributed by atoms with Crippen LogP contribution >= 0.6 is 11.8 Å². The van der Waals surface area contributed by atoms with E-state index in [0.717, 1.165) is 16.8 Å². The number of H-pyrrole nitrogens is 1. The van der Waals surface area contributed by atoms with Crippen LogP contribution < -0.4 is 10.3 Å². The topological polar surface area (TPSA) is 114 Å². The molecule has 5 aromatic rings. The quantitative estimate of drug-likeness (QED) is 0.377. The number of aromatic nitrogens is 6. The van der Waals surface area contributed by atoms with E-state index in [1.54, 1.807) is 7.11 Å². The van der Waals surface area contributed by atoms with E-state index in [9.17, 15) is 10.1 Å². The van der Waals surface area contributed by atoms with Crippen LogP contribution in [-0.4, -0.2) is 36.5 Å². The normalized spacial score (nSPS) is 11.0. The number of hydrogen-bond donors (Lipinski definition) is 1. The van der Waals surface area contributed by atoms with E-state index in [1.807, 2.05) is 66.1 Å². The lowest BCUT2D eigenvalue weighted by molar-refractivity contribution is 0.416. The van der Waals surface area contributed by atoms with Crippen molar-refractivity contribution in [2.24, 2.45) is 0 Å². The molecule has 0 bridgehead atoms. The Kier molecular flexibility index (Phi) is 5.61. The van der Waals surface area contributed by atoms with E-state index < -0.39 is 0 Å². The molecule has 34 heavy (non-hydrogen) atoms. The lowest BCUT2D eigenvalue weighted by atomic mass is 10.1. The molecule has 1 N–H and O–H groups in total. The summed E-state index contributed by atoms with van der Waals surface area (Å²) in [6.45, 7) is 2.03. The predicted octanol–water partition coefficient (Wildman–Crippen LogP) is 3.75. The van der Waals surface area contributed by atoms with Gasteiger partial charge >= 0.3 is 0 Å². The van der Waals surface area contributed by atoms with Crippen LogP contribution in [0.2, 0.25) is 0 Å². The smallest absolute Gasteiger partial charge is 0.272 e. The molecule has 3 aromatic heterocycles. The lowest BCUT2D eigenvalue weighted by Crippen LogP contribution is -2.15. The average molecular weight is 470 g/mol. The number of methoxy groups -OCH3 is 1. The van der Waals surface area contributed by atoms with Crippen LogP contribution in [-0.2, 0) is 5.75 Å². The van der Waals surface area contributed by atoms with Gasteiger partial charge in [-0.2, -0.15) is 5.26 Å². The molecule has 0 aliphatic carbocycles. The van der Waals surface area contributed by atoms with Crippen molar-refractivity contribution in [1.82, 2.24) is 29.4 Å². The summed E-state index contributed by atoms with van der Waals surface area (Å²) in [5.74, 6) is 1.71. The Balaban J connectivity index is 1.56. The summed E-state index contributed by atoms with van der Waals surface area (Å²) >= 11 is 1.41. The molecule has 0 amide bonds. The molecule has 3 heterocycles. The predicted molar refractivity (Wildman–Crippen MR) is 128 cm³/mol. The monoisotopic (exact) mass is 469 g/mol. The second-order valence-electron chi connectivity index (χ2n) is 7.51. The Labute approximate surface area is 198 Å². The number of ether oxygens (including phenoxy) is 1. The molecule has 0 spiro atoms. The molecular formula is C24H19N7O2S. The number of aryl methyl sites for hydroxylation is 1. The standard InChI is InChI=1S/C24H19N7O2S/c1-15-7-9-18(10-8-15)30-23(19-5-3-4-6-20(19)33-2)28-29-24(30)34-14-17-11-21(32)31-22(27-17)16(12-25)13-26-31/h3-11,13,26H,14H2,1-2H3. The number of nitriles is 1. The third kappa shape index (κ3) is 3.82. The zero-order valence-electron chi connectivity index (χ0n) is 18.4. The molecule has 0 atom stereocenters. The van der Waals surface area contributed by atoms with Crippen molar-refractivity contribution in [2.45, 2.75) is 17.8 Å². The van der Waals surface area contributed by atoms with Gasteiger partial charge in [0.15, 0.2) is 16.6 Å². The van der Waals surface area contributed by atoms with E-state index in [4.69, 9.17) is 4.74 Å². The van der Waals surface area contributed by atoms with Gasteiger partial charge in [0.2, 0.25) is 0 Å². The van der Waals surface area contributed by atoms with Crippen molar-refractivity contribution in [3.8, 4) is 28.9 Å². The third-order valence-electron chi connectivity index (χ3n) is 5.29. The van der Waals surface area contributed by atoms with Crippen LogP contribution in [0.15, 0.2) is 70.7 Å². The summed E-state index contributed by atoms with van der Waals surface area (Å²) < 4.78 is 8.77. The van der Waals surface area contributed by atoms with E-state index >= 15 is 0 Å². The number of hydrogen-bond acceptors (Lipinski definition) is 7. The molecule has 0 aliphatic heterocycles. The second kappa shape index (κ2) is 8.88. The van der Waals surface area contributed by atoms with Gasteiger partial charge in [-0.3, -0.25) is 14.5 Å². The summed E-state index contributed by atoms with van der Waals surface area (Å²) in [6.07, 6.45) is 1.47. The van der Waals surface area contributed by atoms with E-state index in [0.29, 0.717) is 39.4 Å². The van der Waals surface area contributed by atoms with Gasteiger partial charge in [-0.05, 0) is 31.2 Å². The number of rotatable bonds is 6. The number of para-hydroxylation sites is 1.